The molecule has 30 heavy (non-hydrogen) atoms. The molecule has 0 saturated heterocycles. The Labute approximate surface area is 174 Å². The fraction of sp³-hybridized carbons (Fsp3) is 0.200. The number of primary amides is 1. The first-order valence-electron chi connectivity index (χ1n) is 9.22. The molecular formula is C20H22N4O5S. The van der Waals surface area contributed by atoms with Gasteiger partial charge >= 0.3 is 0 Å². The van der Waals surface area contributed by atoms with Crippen LogP contribution in [0.3, 0.4) is 0 Å². The standard InChI is InChI=1S/C20H22N4O5S/c1-3-28-18-10-9-16(13-19(18)29-4-2)30(26,27)23-14-5-7-15(8-6-14)24-12-11-17(22-24)20(21)25/h5-13,23H,3-4H2,1-2H3,(H2,21,25). The number of aromatic nitrogens is 2. The van der Waals surface area contributed by atoms with Gasteiger partial charge in [0.05, 0.1) is 23.8 Å². The van der Waals surface area contributed by atoms with E-state index in [9.17, 15) is 13.2 Å². The molecule has 0 bridgehead atoms. The summed E-state index contributed by atoms with van der Waals surface area (Å²) in [7, 11) is -3.84. The van der Waals surface area contributed by atoms with Crippen LogP contribution in [-0.2, 0) is 10.0 Å². The highest BCUT2D eigenvalue weighted by Crippen LogP contribution is 2.31. The third kappa shape index (κ3) is 4.71. The Hall–Kier alpha value is -3.53. The second-order valence-corrected chi connectivity index (χ2v) is 7.82. The maximum atomic E-state index is 12.8. The normalized spacial score (nSPS) is 11.1. The molecule has 0 aliphatic heterocycles. The van der Waals surface area contributed by atoms with Gasteiger partial charge in [0.2, 0.25) is 0 Å². The number of carbonyl (C=O) groups excluding carboxylic acids is 1. The Balaban J connectivity index is 1.81. The molecule has 9 nitrogen and oxygen atoms in total. The molecule has 3 rings (SSSR count). The average Bonchev–Trinajstić information content (AvgIpc) is 3.20. The Morgan fingerprint density at radius 1 is 1.03 bits per heavy atom. The lowest BCUT2D eigenvalue weighted by molar-refractivity contribution is 0.0995. The van der Waals surface area contributed by atoms with Crippen LogP contribution in [0.15, 0.2) is 59.6 Å². The monoisotopic (exact) mass is 430 g/mol. The lowest BCUT2D eigenvalue weighted by atomic mass is 10.3. The van der Waals surface area contributed by atoms with Gasteiger partial charge in [0, 0.05) is 18.0 Å². The van der Waals surface area contributed by atoms with Crippen LogP contribution >= 0.6 is 0 Å². The number of hydrogen-bond donors (Lipinski definition) is 2. The number of sulfonamides is 1. The molecule has 0 aliphatic rings. The van der Waals surface area contributed by atoms with E-state index in [-0.39, 0.29) is 10.6 Å². The molecule has 0 aliphatic carbocycles. The summed E-state index contributed by atoms with van der Waals surface area (Å²) >= 11 is 0. The second-order valence-electron chi connectivity index (χ2n) is 6.14. The first-order chi connectivity index (χ1) is 14.3. The average molecular weight is 430 g/mol. The van der Waals surface area contributed by atoms with E-state index in [4.69, 9.17) is 15.2 Å². The fourth-order valence-corrected chi connectivity index (χ4v) is 3.77. The van der Waals surface area contributed by atoms with E-state index in [1.54, 1.807) is 36.5 Å². The summed E-state index contributed by atoms with van der Waals surface area (Å²) < 4.78 is 40.5. The molecule has 1 heterocycles. The molecule has 0 spiro atoms. The Morgan fingerprint density at radius 2 is 1.70 bits per heavy atom. The highest BCUT2D eigenvalue weighted by molar-refractivity contribution is 7.92. The van der Waals surface area contributed by atoms with Crippen LogP contribution in [-0.4, -0.2) is 37.3 Å². The van der Waals surface area contributed by atoms with Crippen molar-refractivity contribution < 1.29 is 22.7 Å². The van der Waals surface area contributed by atoms with Gasteiger partial charge in [-0.15, -0.1) is 0 Å². The number of nitrogens with zero attached hydrogens (tertiary/aromatic N) is 2. The molecule has 10 heteroatoms. The Morgan fingerprint density at radius 3 is 2.30 bits per heavy atom. The van der Waals surface area contributed by atoms with Crippen molar-refractivity contribution in [1.82, 2.24) is 9.78 Å². The number of hydrogen-bond acceptors (Lipinski definition) is 6. The molecule has 3 N–H and O–H groups in total. The molecule has 1 aromatic heterocycles. The van der Waals surface area contributed by atoms with Crippen molar-refractivity contribution in [3.63, 3.8) is 0 Å². The Bertz CT molecular complexity index is 1140. The molecule has 0 atom stereocenters. The van der Waals surface area contributed by atoms with Crippen molar-refractivity contribution in [2.75, 3.05) is 17.9 Å². The van der Waals surface area contributed by atoms with Crippen LogP contribution in [0.1, 0.15) is 24.3 Å². The molecule has 0 unspecified atom stereocenters. The molecule has 2 aromatic carbocycles. The fourth-order valence-electron chi connectivity index (χ4n) is 2.69. The minimum atomic E-state index is -3.84. The predicted molar refractivity (Wildman–Crippen MR) is 112 cm³/mol. The molecule has 158 valence electrons. The first kappa shape index (κ1) is 21.2. The van der Waals surface area contributed by atoms with E-state index in [0.717, 1.165) is 0 Å². The molecule has 3 aromatic rings. The summed E-state index contributed by atoms with van der Waals surface area (Å²) in [6.07, 6.45) is 1.59. The quantitative estimate of drug-likeness (QED) is 0.537. The topological polar surface area (TPSA) is 126 Å². The van der Waals surface area contributed by atoms with Gasteiger partial charge in [0.15, 0.2) is 11.5 Å². The van der Waals surface area contributed by atoms with Gasteiger partial charge in [-0.05, 0) is 56.3 Å². The van der Waals surface area contributed by atoms with E-state index in [2.05, 4.69) is 9.82 Å². The number of ether oxygens (including phenoxy) is 2. The van der Waals surface area contributed by atoms with Gasteiger partial charge in [0.1, 0.15) is 5.69 Å². The van der Waals surface area contributed by atoms with Gasteiger partial charge < -0.3 is 15.2 Å². The number of rotatable bonds is 9. The van der Waals surface area contributed by atoms with Gasteiger partial charge in [-0.1, -0.05) is 0 Å². The number of nitrogens with one attached hydrogen (secondary N) is 1. The largest absolute Gasteiger partial charge is 0.490 e. The molecule has 0 radical (unpaired) electrons. The summed E-state index contributed by atoms with van der Waals surface area (Å²) in [5, 5.41) is 4.06. The van der Waals surface area contributed by atoms with E-state index in [1.807, 2.05) is 13.8 Å². The maximum absolute atomic E-state index is 12.8. The Kier molecular flexibility index (Phi) is 6.26. The van der Waals surface area contributed by atoms with Crippen molar-refractivity contribution >= 4 is 21.6 Å². The summed E-state index contributed by atoms with van der Waals surface area (Å²) in [5.74, 6) is 0.221. The van der Waals surface area contributed by atoms with Gasteiger partial charge in [-0.2, -0.15) is 5.10 Å². The highest BCUT2D eigenvalue weighted by atomic mass is 32.2. The van der Waals surface area contributed by atoms with Crippen LogP contribution in [0, 0.1) is 0 Å². The van der Waals surface area contributed by atoms with Crippen molar-refractivity contribution in [2.45, 2.75) is 18.7 Å². The van der Waals surface area contributed by atoms with Crippen LogP contribution in [0.2, 0.25) is 0 Å². The molecule has 0 fully saturated rings. The van der Waals surface area contributed by atoms with Crippen molar-refractivity contribution in [2.24, 2.45) is 5.73 Å². The minimum absolute atomic E-state index is 0.0525. The summed E-state index contributed by atoms with van der Waals surface area (Å²) in [4.78, 5) is 11.2. The van der Waals surface area contributed by atoms with Crippen molar-refractivity contribution in [1.29, 1.82) is 0 Å². The van der Waals surface area contributed by atoms with Crippen LogP contribution < -0.4 is 19.9 Å². The number of nitrogens with two attached hydrogens (primary N) is 1. The number of carbonyl (C=O) groups is 1. The van der Waals surface area contributed by atoms with Crippen molar-refractivity contribution in [3.05, 3.63) is 60.4 Å². The number of amides is 1. The summed E-state index contributed by atoms with van der Waals surface area (Å²) in [6.45, 7) is 4.46. The van der Waals surface area contributed by atoms with Crippen LogP contribution in [0.25, 0.3) is 5.69 Å². The zero-order valence-electron chi connectivity index (χ0n) is 16.5. The highest BCUT2D eigenvalue weighted by Gasteiger charge is 2.18. The van der Waals surface area contributed by atoms with Gasteiger partial charge in [0.25, 0.3) is 15.9 Å². The summed E-state index contributed by atoms with van der Waals surface area (Å²) in [5.41, 5.74) is 6.35. The first-order valence-corrected chi connectivity index (χ1v) is 10.7. The maximum Gasteiger partial charge on any atom is 0.269 e. The van der Waals surface area contributed by atoms with Crippen LogP contribution in [0.4, 0.5) is 5.69 Å². The third-order valence-corrected chi connectivity index (χ3v) is 5.43. The van der Waals surface area contributed by atoms with E-state index < -0.39 is 15.9 Å². The zero-order valence-corrected chi connectivity index (χ0v) is 17.3. The van der Waals surface area contributed by atoms with Gasteiger partial charge in [-0.25, -0.2) is 13.1 Å². The molecule has 0 saturated carbocycles. The predicted octanol–water partition coefficient (Wildman–Crippen LogP) is 2.57. The van der Waals surface area contributed by atoms with Gasteiger partial charge in [-0.3, -0.25) is 9.52 Å². The minimum Gasteiger partial charge on any atom is -0.490 e. The number of anilines is 1. The number of benzene rings is 2. The molecule has 1 amide bonds. The third-order valence-electron chi connectivity index (χ3n) is 4.05. The lowest BCUT2D eigenvalue weighted by Crippen LogP contribution is -2.13. The van der Waals surface area contributed by atoms with Crippen LogP contribution in [0.5, 0.6) is 11.5 Å². The van der Waals surface area contributed by atoms with E-state index >= 15 is 0 Å². The van der Waals surface area contributed by atoms with E-state index in [0.29, 0.717) is 36.1 Å². The molecular weight excluding hydrogens is 408 g/mol. The lowest BCUT2D eigenvalue weighted by Gasteiger charge is -2.13. The van der Waals surface area contributed by atoms with E-state index in [1.165, 1.54) is 22.9 Å². The summed E-state index contributed by atoms with van der Waals surface area (Å²) in [6, 6.07) is 12.5. The SMILES string of the molecule is CCOc1ccc(S(=O)(=O)Nc2ccc(-n3ccc(C(N)=O)n3)cc2)cc1OCC. The smallest absolute Gasteiger partial charge is 0.269 e. The second kappa shape index (κ2) is 8.87. The van der Waals surface area contributed by atoms with Crippen molar-refractivity contribution in [3.8, 4) is 17.2 Å². The zero-order chi connectivity index (χ0) is 21.7.